The van der Waals surface area contributed by atoms with E-state index in [1.807, 2.05) is 48.2 Å². The van der Waals surface area contributed by atoms with E-state index in [0.29, 0.717) is 6.54 Å². The molecule has 1 N–H and O–H groups in total. The lowest BCUT2D eigenvalue weighted by Gasteiger charge is -2.28. The van der Waals surface area contributed by atoms with Gasteiger partial charge in [0.05, 0.1) is 6.54 Å². The molecule has 0 bridgehead atoms. The molecule has 0 saturated heterocycles. The summed E-state index contributed by atoms with van der Waals surface area (Å²) in [5.41, 5.74) is 1.24. The zero-order valence-corrected chi connectivity index (χ0v) is 13.9. The molecule has 2 heterocycles. The Kier molecular flexibility index (Phi) is 3.87. The molecule has 0 aromatic heterocycles. The second-order valence-electron chi connectivity index (χ2n) is 6.16. The van der Waals surface area contributed by atoms with E-state index in [-0.39, 0.29) is 0 Å². The van der Waals surface area contributed by atoms with Crippen LogP contribution in [0.1, 0.15) is 17.5 Å². The van der Waals surface area contributed by atoms with Crippen LogP contribution in [-0.4, -0.2) is 38.6 Å². The van der Waals surface area contributed by atoms with E-state index in [4.69, 9.17) is 0 Å². The Morgan fingerprint density at radius 2 is 1.74 bits per heavy atom. The average molecular weight is 325 g/mol. The van der Waals surface area contributed by atoms with Gasteiger partial charge in [-0.3, -0.25) is 0 Å². The zero-order chi connectivity index (χ0) is 15.7. The molecule has 4 heteroatoms. The summed E-state index contributed by atoms with van der Waals surface area (Å²) in [5.74, 6) is 1.13. The quantitative estimate of drug-likeness (QED) is 0.879. The Balaban J connectivity index is 1.74. The molecule has 23 heavy (non-hydrogen) atoms. The largest absolute Gasteiger partial charge is 0.346 e. The molecule has 0 unspecified atom stereocenters. The molecule has 0 saturated carbocycles. The zero-order valence-electron chi connectivity index (χ0n) is 13.1. The Morgan fingerprint density at radius 3 is 2.48 bits per heavy atom. The van der Waals surface area contributed by atoms with Crippen molar-refractivity contribution in [2.24, 2.45) is 0 Å². The molecule has 0 spiro atoms. The standard InChI is InChI=1S/C19H21N2OS/c22-19(17-10-5-2-6-11-17)15-20-12-7-13-23-18(20)21(19)14-16-8-3-1-4-9-16/h1-6,8-11,22H,7,12-15H2/q+1/t19-/m1/s1. The van der Waals surface area contributed by atoms with E-state index in [2.05, 4.69) is 33.7 Å². The van der Waals surface area contributed by atoms with Crippen molar-refractivity contribution in [3.05, 3.63) is 71.8 Å². The maximum absolute atomic E-state index is 11.6. The lowest BCUT2D eigenvalue weighted by Crippen LogP contribution is -2.45. The van der Waals surface area contributed by atoms with Gasteiger partial charge in [0, 0.05) is 11.3 Å². The fourth-order valence-corrected chi connectivity index (χ4v) is 4.59. The second kappa shape index (κ2) is 6.02. The van der Waals surface area contributed by atoms with Gasteiger partial charge in [-0.1, -0.05) is 60.7 Å². The van der Waals surface area contributed by atoms with Crippen LogP contribution >= 0.6 is 11.8 Å². The number of nitrogens with zero attached hydrogens (tertiary/aromatic N) is 2. The first-order chi connectivity index (χ1) is 11.3. The van der Waals surface area contributed by atoms with Crippen LogP contribution in [0.2, 0.25) is 0 Å². The molecule has 3 nitrogen and oxygen atoms in total. The fourth-order valence-electron chi connectivity index (χ4n) is 3.43. The minimum absolute atomic E-state index is 0.645. The first kappa shape index (κ1) is 14.8. The molecule has 2 aromatic rings. The molecular weight excluding hydrogens is 304 g/mol. The number of amidine groups is 1. The van der Waals surface area contributed by atoms with E-state index in [0.717, 1.165) is 24.4 Å². The van der Waals surface area contributed by atoms with Crippen molar-refractivity contribution in [2.45, 2.75) is 18.7 Å². The lowest BCUT2D eigenvalue weighted by atomic mass is 10.0. The highest BCUT2D eigenvalue weighted by atomic mass is 32.2. The molecular formula is C19H21N2OS+. The molecule has 1 atom stereocenters. The van der Waals surface area contributed by atoms with Gasteiger partial charge in [0.15, 0.2) is 6.54 Å². The van der Waals surface area contributed by atoms with Crippen molar-refractivity contribution in [3.8, 4) is 0 Å². The monoisotopic (exact) mass is 325 g/mol. The van der Waals surface area contributed by atoms with Crippen molar-refractivity contribution in [3.63, 3.8) is 0 Å². The lowest BCUT2D eigenvalue weighted by molar-refractivity contribution is -0.532. The SMILES string of the molecule is O[C@@]1(c2ccccc2)C[N+]2=C(SCCC2)N1Cc1ccccc1. The van der Waals surface area contributed by atoms with Crippen molar-refractivity contribution in [1.29, 1.82) is 0 Å². The molecule has 2 aliphatic rings. The third-order valence-electron chi connectivity index (χ3n) is 4.58. The predicted octanol–water partition coefficient (Wildman–Crippen LogP) is 2.85. The minimum Gasteiger partial charge on any atom is -0.346 e. The van der Waals surface area contributed by atoms with Crippen molar-refractivity contribution < 1.29 is 9.68 Å². The summed E-state index contributed by atoms with van der Waals surface area (Å²) in [6, 6.07) is 20.5. The molecule has 2 aliphatic heterocycles. The molecule has 0 radical (unpaired) electrons. The second-order valence-corrected chi connectivity index (χ2v) is 7.22. The normalized spacial score (nSPS) is 24.0. The highest BCUT2D eigenvalue weighted by Crippen LogP contribution is 2.37. The van der Waals surface area contributed by atoms with Crippen LogP contribution in [0, 0.1) is 0 Å². The Bertz CT molecular complexity index is 717. The van der Waals surface area contributed by atoms with Gasteiger partial charge in [-0.25, -0.2) is 9.48 Å². The summed E-state index contributed by atoms with van der Waals surface area (Å²) in [7, 11) is 0. The van der Waals surface area contributed by atoms with Crippen LogP contribution in [0.4, 0.5) is 0 Å². The number of hydrogen-bond acceptors (Lipinski definition) is 3. The first-order valence-corrected chi connectivity index (χ1v) is 9.10. The maximum atomic E-state index is 11.6. The summed E-state index contributed by atoms with van der Waals surface area (Å²) >= 11 is 1.87. The van der Waals surface area contributed by atoms with E-state index >= 15 is 0 Å². The Hall–Kier alpha value is -1.78. The summed E-state index contributed by atoms with van der Waals surface area (Å²) in [6.07, 6.45) is 1.18. The van der Waals surface area contributed by atoms with Gasteiger partial charge in [0.1, 0.15) is 6.54 Å². The van der Waals surface area contributed by atoms with Crippen molar-refractivity contribution in [1.82, 2.24) is 4.90 Å². The van der Waals surface area contributed by atoms with E-state index in [1.54, 1.807) is 0 Å². The highest BCUT2D eigenvalue weighted by molar-refractivity contribution is 8.13. The fraction of sp³-hybridized carbons (Fsp3) is 0.316. The topological polar surface area (TPSA) is 26.5 Å². The van der Waals surface area contributed by atoms with Gasteiger partial charge in [-0.05, 0) is 23.7 Å². The summed E-state index contributed by atoms with van der Waals surface area (Å²) < 4.78 is 2.34. The van der Waals surface area contributed by atoms with Crippen LogP contribution in [-0.2, 0) is 12.3 Å². The van der Waals surface area contributed by atoms with Crippen LogP contribution in [0.5, 0.6) is 0 Å². The number of benzene rings is 2. The van der Waals surface area contributed by atoms with Crippen molar-refractivity contribution in [2.75, 3.05) is 18.8 Å². The third kappa shape index (κ3) is 2.66. The van der Waals surface area contributed by atoms with Gasteiger partial charge in [0.25, 0.3) is 5.72 Å². The molecule has 0 amide bonds. The van der Waals surface area contributed by atoms with E-state index < -0.39 is 5.72 Å². The molecule has 2 aromatic carbocycles. The molecule has 118 valence electrons. The van der Waals surface area contributed by atoms with E-state index in [1.165, 1.54) is 17.2 Å². The van der Waals surface area contributed by atoms with Crippen LogP contribution in [0.25, 0.3) is 0 Å². The van der Waals surface area contributed by atoms with Gasteiger partial charge in [-0.15, -0.1) is 0 Å². The average Bonchev–Trinajstić information content (AvgIpc) is 2.90. The summed E-state index contributed by atoms with van der Waals surface area (Å²) in [6.45, 7) is 2.40. The van der Waals surface area contributed by atoms with Gasteiger partial charge in [-0.2, -0.15) is 0 Å². The number of hydrogen-bond donors (Lipinski definition) is 1. The number of aliphatic hydroxyl groups is 1. The predicted molar refractivity (Wildman–Crippen MR) is 94.4 cm³/mol. The molecule has 0 aliphatic carbocycles. The number of thioether (sulfide) groups is 1. The van der Waals surface area contributed by atoms with E-state index in [9.17, 15) is 5.11 Å². The molecule has 0 fully saturated rings. The Morgan fingerprint density at radius 1 is 1.04 bits per heavy atom. The minimum atomic E-state index is -0.955. The van der Waals surface area contributed by atoms with Gasteiger partial charge >= 0.3 is 5.17 Å². The van der Waals surface area contributed by atoms with Gasteiger partial charge in [0.2, 0.25) is 0 Å². The summed E-state index contributed by atoms with van der Waals surface area (Å²) in [4.78, 5) is 2.18. The van der Waals surface area contributed by atoms with Crippen LogP contribution in [0.3, 0.4) is 0 Å². The van der Waals surface area contributed by atoms with Crippen molar-refractivity contribution >= 4 is 16.9 Å². The first-order valence-electron chi connectivity index (χ1n) is 8.11. The van der Waals surface area contributed by atoms with Crippen LogP contribution < -0.4 is 0 Å². The molecule has 4 rings (SSSR count). The Labute approximate surface area is 141 Å². The van der Waals surface area contributed by atoms with Gasteiger partial charge < -0.3 is 5.11 Å². The highest BCUT2D eigenvalue weighted by Gasteiger charge is 2.53. The maximum Gasteiger partial charge on any atom is 0.311 e. The summed E-state index contributed by atoms with van der Waals surface area (Å²) in [5, 5.41) is 12.8. The van der Waals surface area contributed by atoms with Crippen LogP contribution in [0.15, 0.2) is 60.7 Å². The number of rotatable bonds is 3. The third-order valence-corrected chi connectivity index (χ3v) is 5.81. The smallest absolute Gasteiger partial charge is 0.311 e.